The summed E-state index contributed by atoms with van der Waals surface area (Å²) in [6, 6.07) is 16.2. The maximum Gasteiger partial charge on any atom is 0.112 e. The van der Waals surface area contributed by atoms with Crippen LogP contribution >= 0.6 is 23.4 Å². The Labute approximate surface area is 169 Å². The third-order valence-corrected chi connectivity index (χ3v) is 5.95. The third kappa shape index (κ3) is 5.15. The third-order valence-electron chi connectivity index (χ3n) is 4.38. The molecule has 3 N–H and O–H groups in total. The monoisotopic (exact) mass is 398 g/mol. The molecule has 0 bridgehead atoms. The van der Waals surface area contributed by atoms with Crippen LogP contribution in [0.4, 0.5) is 0 Å². The summed E-state index contributed by atoms with van der Waals surface area (Å²) in [7, 11) is 0. The summed E-state index contributed by atoms with van der Waals surface area (Å²) in [4.78, 5) is 5.47. The van der Waals surface area contributed by atoms with Gasteiger partial charge < -0.3 is 10.3 Å². The van der Waals surface area contributed by atoms with Crippen molar-refractivity contribution in [3.05, 3.63) is 77.3 Å². The average molecular weight is 399 g/mol. The van der Waals surface area contributed by atoms with Crippen LogP contribution in [0.25, 0.3) is 5.69 Å². The van der Waals surface area contributed by atoms with Gasteiger partial charge in [0.15, 0.2) is 0 Å². The number of halogens is 1. The number of imidazole rings is 1. The fourth-order valence-electron chi connectivity index (χ4n) is 2.91. The van der Waals surface area contributed by atoms with Crippen LogP contribution in [-0.2, 0) is 12.8 Å². The lowest BCUT2D eigenvalue weighted by molar-refractivity contribution is 0.869. The van der Waals surface area contributed by atoms with Gasteiger partial charge in [0, 0.05) is 34.4 Å². The number of nitrogens with zero attached hydrogens (tertiary/aromatic N) is 2. The quantitative estimate of drug-likeness (QED) is 0.314. The molecule has 0 saturated heterocycles. The van der Waals surface area contributed by atoms with Crippen molar-refractivity contribution in [1.82, 2.24) is 9.55 Å². The van der Waals surface area contributed by atoms with Crippen molar-refractivity contribution in [2.75, 3.05) is 0 Å². The number of nitrogens with two attached hydrogens (primary N) is 1. The predicted molar refractivity (Wildman–Crippen MR) is 114 cm³/mol. The first kappa shape index (κ1) is 19.5. The molecule has 4 nitrogen and oxygen atoms in total. The smallest absolute Gasteiger partial charge is 0.112 e. The maximum atomic E-state index is 7.93. The van der Waals surface area contributed by atoms with Crippen LogP contribution in [0.5, 0.6) is 0 Å². The van der Waals surface area contributed by atoms with E-state index in [1.807, 2.05) is 36.7 Å². The highest BCUT2D eigenvalue weighted by atomic mass is 35.5. The van der Waals surface area contributed by atoms with Gasteiger partial charge in [0.25, 0.3) is 0 Å². The van der Waals surface area contributed by atoms with Crippen LogP contribution in [-0.4, -0.2) is 20.6 Å². The molecule has 1 unspecified atom stereocenters. The topological polar surface area (TPSA) is 67.7 Å². The molecule has 6 heteroatoms. The summed E-state index contributed by atoms with van der Waals surface area (Å²) >= 11 is 7.57. The number of rotatable bonds is 8. The summed E-state index contributed by atoms with van der Waals surface area (Å²) in [5.41, 5.74) is 8.14. The van der Waals surface area contributed by atoms with Gasteiger partial charge in [0.2, 0.25) is 0 Å². The highest BCUT2D eigenvalue weighted by Gasteiger charge is 2.14. The molecule has 1 heterocycles. The van der Waals surface area contributed by atoms with Crippen molar-refractivity contribution >= 4 is 29.2 Å². The van der Waals surface area contributed by atoms with E-state index in [2.05, 4.69) is 40.7 Å². The lowest BCUT2D eigenvalue weighted by atomic mass is 10.1. The highest BCUT2D eigenvalue weighted by molar-refractivity contribution is 8.00. The van der Waals surface area contributed by atoms with Crippen molar-refractivity contribution < 1.29 is 0 Å². The van der Waals surface area contributed by atoms with Crippen LogP contribution in [0.1, 0.15) is 24.7 Å². The minimum absolute atomic E-state index is 0.0500. The number of amidine groups is 1. The molecular weight excluding hydrogens is 376 g/mol. The summed E-state index contributed by atoms with van der Waals surface area (Å²) < 4.78 is 2.09. The lowest BCUT2D eigenvalue weighted by Crippen LogP contribution is -2.25. The van der Waals surface area contributed by atoms with Gasteiger partial charge in [-0.3, -0.25) is 5.41 Å². The van der Waals surface area contributed by atoms with E-state index in [4.69, 9.17) is 22.7 Å². The standard InChI is InChI=1S/C21H23ClN4S/c1-2-20-25-13-14-26(20)17-8-10-18(11-9-17)27-19(21(23)24)12-5-15-3-6-16(22)7-4-15/h3-4,6-11,13-14,19H,2,5,12H2,1H3,(H3,23,24). The number of thioether (sulfide) groups is 1. The van der Waals surface area contributed by atoms with E-state index in [-0.39, 0.29) is 11.1 Å². The van der Waals surface area contributed by atoms with Gasteiger partial charge in [-0.2, -0.15) is 0 Å². The SMILES string of the molecule is CCc1nccn1-c1ccc(SC(CCc2ccc(Cl)cc2)C(=N)N)cc1. The molecule has 0 fully saturated rings. The Bertz CT molecular complexity index is 887. The molecule has 0 spiro atoms. The Morgan fingerprint density at radius 3 is 2.52 bits per heavy atom. The first-order chi connectivity index (χ1) is 13.1. The second kappa shape index (κ2) is 9.11. The van der Waals surface area contributed by atoms with Crippen molar-refractivity contribution in [2.45, 2.75) is 36.3 Å². The minimum Gasteiger partial charge on any atom is -0.387 e. The van der Waals surface area contributed by atoms with E-state index in [0.29, 0.717) is 0 Å². The molecule has 2 aromatic carbocycles. The molecule has 0 aliphatic carbocycles. The largest absolute Gasteiger partial charge is 0.387 e. The molecule has 27 heavy (non-hydrogen) atoms. The van der Waals surface area contributed by atoms with Crippen molar-refractivity contribution in [3.8, 4) is 5.69 Å². The summed E-state index contributed by atoms with van der Waals surface area (Å²) in [5.74, 6) is 1.25. The van der Waals surface area contributed by atoms with Gasteiger partial charge in [-0.05, 0) is 54.8 Å². The molecule has 0 aliphatic rings. The number of hydrogen-bond donors (Lipinski definition) is 2. The zero-order valence-corrected chi connectivity index (χ0v) is 16.8. The minimum atomic E-state index is -0.0500. The second-order valence-corrected chi connectivity index (χ2v) is 8.00. The van der Waals surface area contributed by atoms with Crippen molar-refractivity contribution in [2.24, 2.45) is 5.73 Å². The maximum absolute atomic E-state index is 7.93. The zero-order valence-electron chi connectivity index (χ0n) is 15.2. The first-order valence-corrected chi connectivity index (χ1v) is 10.2. The summed E-state index contributed by atoms with van der Waals surface area (Å²) in [6.45, 7) is 2.10. The number of nitrogens with one attached hydrogen (secondary N) is 1. The van der Waals surface area contributed by atoms with Gasteiger partial charge >= 0.3 is 0 Å². The summed E-state index contributed by atoms with van der Waals surface area (Å²) in [6.07, 6.45) is 6.36. The molecule has 0 aliphatic heterocycles. The average Bonchev–Trinajstić information content (AvgIpc) is 3.15. The van der Waals surface area contributed by atoms with Gasteiger partial charge in [0.05, 0.1) is 5.25 Å². The van der Waals surface area contributed by atoms with Gasteiger partial charge in [-0.25, -0.2) is 4.98 Å². The zero-order chi connectivity index (χ0) is 19.2. The number of aromatic nitrogens is 2. The molecule has 0 amide bonds. The Morgan fingerprint density at radius 2 is 1.89 bits per heavy atom. The molecule has 1 aromatic heterocycles. The first-order valence-electron chi connectivity index (χ1n) is 8.94. The van der Waals surface area contributed by atoms with Crippen LogP contribution in [0.2, 0.25) is 5.02 Å². The molecule has 1 atom stereocenters. The van der Waals surface area contributed by atoms with Gasteiger partial charge in [0.1, 0.15) is 11.7 Å². The highest BCUT2D eigenvalue weighted by Crippen LogP contribution is 2.28. The van der Waals surface area contributed by atoms with Gasteiger partial charge in [-0.15, -0.1) is 11.8 Å². The van der Waals surface area contributed by atoms with Crippen molar-refractivity contribution in [1.29, 1.82) is 5.41 Å². The number of hydrogen-bond acceptors (Lipinski definition) is 3. The fraction of sp³-hybridized carbons (Fsp3) is 0.238. The van der Waals surface area contributed by atoms with Crippen LogP contribution in [0.3, 0.4) is 0 Å². The normalized spacial score (nSPS) is 12.1. The summed E-state index contributed by atoms with van der Waals surface area (Å²) in [5, 5.41) is 8.62. The fourth-order valence-corrected chi connectivity index (χ4v) is 4.02. The Hall–Kier alpha value is -2.24. The van der Waals surface area contributed by atoms with Crippen LogP contribution in [0, 0.1) is 5.41 Å². The molecule has 140 valence electrons. The lowest BCUT2D eigenvalue weighted by Gasteiger charge is -2.16. The Balaban J connectivity index is 1.65. The van der Waals surface area contributed by atoms with Crippen LogP contribution < -0.4 is 5.73 Å². The second-order valence-electron chi connectivity index (χ2n) is 6.29. The predicted octanol–water partition coefficient (Wildman–Crippen LogP) is 5.12. The molecule has 0 radical (unpaired) electrons. The molecular formula is C21H23ClN4S. The van der Waals surface area contributed by atoms with Gasteiger partial charge in [-0.1, -0.05) is 30.7 Å². The van der Waals surface area contributed by atoms with E-state index < -0.39 is 0 Å². The number of benzene rings is 2. The van der Waals surface area contributed by atoms with E-state index in [1.54, 1.807) is 11.8 Å². The van der Waals surface area contributed by atoms with E-state index >= 15 is 0 Å². The molecule has 3 aromatic rings. The Morgan fingerprint density at radius 1 is 1.19 bits per heavy atom. The number of aryl methyl sites for hydroxylation is 2. The molecule has 3 rings (SSSR count). The Kier molecular flexibility index (Phi) is 6.58. The van der Waals surface area contributed by atoms with E-state index in [9.17, 15) is 0 Å². The van der Waals surface area contributed by atoms with E-state index in [0.717, 1.165) is 40.7 Å². The molecule has 0 saturated carbocycles. The van der Waals surface area contributed by atoms with Crippen molar-refractivity contribution in [3.63, 3.8) is 0 Å². The van der Waals surface area contributed by atoms with Crippen LogP contribution in [0.15, 0.2) is 65.8 Å². The van der Waals surface area contributed by atoms with E-state index in [1.165, 1.54) is 5.56 Å².